The van der Waals surface area contributed by atoms with Gasteiger partial charge in [0, 0.05) is 18.7 Å². The molecule has 0 heterocycles. The van der Waals surface area contributed by atoms with Crippen molar-refractivity contribution in [1.29, 1.82) is 0 Å². The molecule has 0 fully saturated rings. The smallest absolute Gasteiger partial charge is 0.335 e. The molecule has 0 saturated heterocycles. The molecule has 0 aliphatic carbocycles. The first-order valence-corrected chi connectivity index (χ1v) is 6.63. The Balaban J connectivity index is 3.00. The second-order valence-corrected chi connectivity index (χ2v) is 4.63. The number of amides is 1. The summed E-state index contributed by atoms with van der Waals surface area (Å²) in [5.41, 5.74) is 1.40. The Kier molecular flexibility index (Phi) is 5.55. The standard InChI is InChI=1S/C15H21NO3/c1-4-6-7-16(5-2)14(17)12-8-11(3)9-13(10-12)15(18)19/h8-10H,4-7H2,1-3H3,(H,18,19). The number of carboxylic acids is 1. The van der Waals surface area contributed by atoms with Crippen molar-refractivity contribution >= 4 is 11.9 Å². The normalized spacial score (nSPS) is 10.3. The molecule has 1 N–H and O–H groups in total. The second-order valence-electron chi connectivity index (χ2n) is 4.63. The van der Waals surface area contributed by atoms with Crippen molar-refractivity contribution in [2.24, 2.45) is 0 Å². The fourth-order valence-electron chi connectivity index (χ4n) is 1.96. The van der Waals surface area contributed by atoms with Gasteiger partial charge in [0.15, 0.2) is 0 Å². The monoisotopic (exact) mass is 263 g/mol. The number of rotatable bonds is 6. The van der Waals surface area contributed by atoms with E-state index >= 15 is 0 Å². The molecule has 4 heteroatoms. The van der Waals surface area contributed by atoms with Crippen LogP contribution >= 0.6 is 0 Å². The molecular weight excluding hydrogens is 242 g/mol. The molecule has 0 spiro atoms. The molecule has 0 unspecified atom stereocenters. The van der Waals surface area contributed by atoms with Crippen LogP contribution in [0.5, 0.6) is 0 Å². The highest BCUT2D eigenvalue weighted by Gasteiger charge is 2.16. The summed E-state index contributed by atoms with van der Waals surface area (Å²) in [5, 5.41) is 9.03. The van der Waals surface area contributed by atoms with Gasteiger partial charge in [-0.05, 0) is 44.0 Å². The van der Waals surface area contributed by atoms with E-state index in [2.05, 4.69) is 6.92 Å². The number of carbonyl (C=O) groups excluding carboxylic acids is 1. The molecule has 0 aliphatic rings. The second kappa shape index (κ2) is 6.92. The Morgan fingerprint density at radius 1 is 1.16 bits per heavy atom. The van der Waals surface area contributed by atoms with E-state index in [1.54, 1.807) is 24.0 Å². The van der Waals surface area contributed by atoms with Crippen LogP contribution in [0.3, 0.4) is 0 Å². The Bertz CT molecular complexity index is 468. The summed E-state index contributed by atoms with van der Waals surface area (Å²) in [7, 11) is 0. The molecule has 0 radical (unpaired) electrons. The lowest BCUT2D eigenvalue weighted by atomic mass is 10.1. The van der Waals surface area contributed by atoms with Crippen LogP contribution < -0.4 is 0 Å². The van der Waals surface area contributed by atoms with E-state index in [1.165, 1.54) is 6.07 Å². The van der Waals surface area contributed by atoms with Crippen LogP contribution in [0, 0.1) is 6.92 Å². The maximum absolute atomic E-state index is 12.3. The largest absolute Gasteiger partial charge is 0.478 e. The van der Waals surface area contributed by atoms with Crippen molar-refractivity contribution < 1.29 is 14.7 Å². The maximum atomic E-state index is 12.3. The van der Waals surface area contributed by atoms with E-state index in [1.807, 2.05) is 6.92 Å². The predicted octanol–water partition coefficient (Wildman–Crippen LogP) is 2.96. The summed E-state index contributed by atoms with van der Waals surface area (Å²) < 4.78 is 0. The molecule has 104 valence electrons. The molecule has 19 heavy (non-hydrogen) atoms. The van der Waals surface area contributed by atoms with Crippen LogP contribution in [-0.2, 0) is 0 Å². The number of carbonyl (C=O) groups is 2. The highest BCUT2D eigenvalue weighted by atomic mass is 16.4. The molecule has 1 amide bonds. The van der Waals surface area contributed by atoms with Crippen LogP contribution in [-0.4, -0.2) is 35.0 Å². The molecule has 0 bridgehead atoms. The zero-order valence-electron chi connectivity index (χ0n) is 11.8. The third-order valence-corrected chi connectivity index (χ3v) is 3.02. The number of carboxylic acid groups (broad SMARTS) is 1. The number of aromatic carboxylic acids is 1. The minimum absolute atomic E-state index is 0.0952. The Morgan fingerprint density at radius 2 is 1.79 bits per heavy atom. The summed E-state index contributed by atoms with van der Waals surface area (Å²) in [6.07, 6.45) is 1.98. The van der Waals surface area contributed by atoms with E-state index in [0.717, 1.165) is 18.4 Å². The van der Waals surface area contributed by atoms with Crippen LogP contribution in [0.1, 0.15) is 53.0 Å². The maximum Gasteiger partial charge on any atom is 0.335 e. The van der Waals surface area contributed by atoms with E-state index in [4.69, 9.17) is 5.11 Å². The average molecular weight is 263 g/mol. The van der Waals surface area contributed by atoms with Gasteiger partial charge in [0.1, 0.15) is 0 Å². The minimum atomic E-state index is -1.01. The third-order valence-electron chi connectivity index (χ3n) is 3.02. The minimum Gasteiger partial charge on any atom is -0.478 e. The molecule has 1 aromatic carbocycles. The SMILES string of the molecule is CCCCN(CC)C(=O)c1cc(C)cc(C(=O)O)c1. The fraction of sp³-hybridized carbons (Fsp3) is 0.467. The van der Waals surface area contributed by atoms with E-state index < -0.39 is 5.97 Å². The van der Waals surface area contributed by atoms with E-state index in [9.17, 15) is 9.59 Å². The lowest BCUT2D eigenvalue weighted by Gasteiger charge is -2.21. The number of unbranched alkanes of at least 4 members (excludes halogenated alkanes) is 1. The molecular formula is C15H21NO3. The van der Waals surface area contributed by atoms with E-state index in [0.29, 0.717) is 18.7 Å². The van der Waals surface area contributed by atoms with Crippen LogP contribution in [0.15, 0.2) is 18.2 Å². The first-order chi connectivity index (χ1) is 8.99. The molecule has 0 atom stereocenters. The zero-order valence-corrected chi connectivity index (χ0v) is 11.8. The summed E-state index contributed by atoms with van der Waals surface area (Å²) in [6, 6.07) is 4.76. The fourth-order valence-corrected chi connectivity index (χ4v) is 1.96. The Hall–Kier alpha value is -1.84. The molecule has 4 nitrogen and oxygen atoms in total. The quantitative estimate of drug-likeness (QED) is 0.858. The number of hydrogen-bond acceptors (Lipinski definition) is 2. The summed E-state index contributed by atoms with van der Waals surface area (Å²) in [5.74, 6) is -1.10. The van der Waals surface area contributed by atoms with Crippen molar-refractivity contribution in [2.45, 2.75) is 33.6 Å². The molecule has 0 saturated carbocycles. The van der Waals surface area contributed by atoms with Gasteiger partial charge in [0.25, 0.3) is 5.91 Å². The van der Waals surface area contributed by atoms with Gasteiger partial charge in [0.05, 0.1) is 5.56 Å². The predicted molar refractivity (Wildman–Crippen MR) is 74.6 cm³/mol. The molecule has 0 aromatic heterocycles. The lowest BCUT2D eigenvalue weighted by Crippen LogP contribution is -2.31. The summed E-state index contributed by atoms with van der Waals surface area (Å²) in [6.45, 7) is 7.15. The van der Waals surface area contributed by atoms with Gasteiger partial charge >= 0.3 is 5.97 Å². The molecule has 1 rings (SSSR count). The van der Waals surface area contributed by atoms with E-state index in [-0.39, 0.29) is 11.5 Å². The zero-order chi connectivity index (χ0) is 14.4. The lowest BCUT2D eigenvalue weighted by molar-refractivity contribution is 0.0696. The van der Waals surface area contributed by atoms with Crippen molar-refractivity contribution in [3.63, 3.8) is 0 Å². The van der Waals surface area contributed by atoms with Gasteiger partial charge in [-0.1, -0.05) is 13.3 Å². The van der Waals surface area contributed by atoms with Gasteiger partial charge in [-0.3, -0.25) is 4.79 Å². The number of benzene rings is 1. The summed E-state index contributed by atoms with van der Waals surface area (Å²) >= 11 is 0. The molecule has 1 aromatic rings. The van der Waals surface area contributed by atoms with Crippen LogP contribution in [0.2, 0.25) is 0 Å². The topological polar surface area (TPSA) is 57.6 Å². The van der Waals surface area contributed by atoms with Gasteiger partial charge in [-0.15, -0.1) is 0 Å². The number of hydrogen-bond donors (Lipinski definition) is 1. The number of nitrogens with zero attached hydrogens (tertiary/aromatic N) is 1. The van der Waals surface area contributed by atoms with Crippen molar-refractivity contribution in [2.75, 3.05) is 13.1 Å². The van der Waals surface area contributed by atoms with Gasteiger partial charge < -0.3 is 10.0 Å². The van der Waals surface area contributed by atoms with Crippen LogP contribution in [0.4, 0.5) is 0 Å². The van der Waals surface area contributed by atoms with Gasteiger partial charge in [-0.2, -0.15) is 0 Å². The summed E-state index contributed by atoms with van der Waals surface area (Å²) in [4.78, 5) is 25.1. The first kappa shape index (κ1) is 15.2. The van der Waals surface area contributed by atoms with Crippen molar-refractivity contribution in [3.8, 4) is 0 Å². The average Bonchev–Trinajstić information content (AvgIpc) is 2.38. The highest BCUT2D eigenvalue weighted by molar-refractivity contribution is 5.97. The highest BCUT2D eigenvalue weighted by Crippen LogP contribution is 2.13. The van der Waals surface area contributed by atoms with Crippen molar-refractivity contribution in [3.05, 3.63) is 34.9 Å². The first-order valence-electron chi connectivity index (χ1n) is 6.63. The third kappa shape index (κ3) is 4.09. The number of aryl methyl sites for hydroxylation is 1. The van der Waals surface area contributed by atoms with Crippen LogP contribution in [0.25, 0.3) is 0 Å². The van der Waals surface area contributed by atoms with Gasteiger partial charge in [-0.25, -0.2) is 4.79 Å². The van der Waals surface area contributed by atoms with Gasteiger partial charge in [0.2, 0.25) is 0 Å². The Morgan fingerprint density at radius 3 is 2.32 bits per heavy atom. The Labute approximate surface area is 114 Å². The molecule has 0 aliphatic heterocycles. The van der Waals surface area contributed by atoms with Crippen molar-refractivity contribution in [1.82, 2.24) is 4.90 Å².